The zero-order valence-electron chi connectivity index (χ0n) is 12.5. The molecule has 1 aromatic rings. The van der Waals surface area contributed by atoms with Gasteiger partial charge < -0.3 is 20.2 Å². The fourth-order valence-electron chi connectivity index (χ4n) is 2.65. The molecule has 0 bridgehead atoms. The summed E-state index contributed by atoms with van der Waals surface area (Å²) in [5, 5.41) is 11.7. The highest BCUT2D eigenvalue weighted by Gasteiger charge is 2.24. The van der Waals surface area contributed by atoms with Crippen LogP contribution in [0.4, 0.5) is 10.5 Å². The number of carbonyl (C=O) groups excluding carboxylic acids is 1. The summed E-state index contributed by atoms with van der Waals surface area (Å²) in [6.45, 7) is 2.67. The Hall–Kier alpha value is -1.66. The van der Waals surface area contributed by atoms with Crippen LogP contribution in [0.3, 0.4) is 0 Å². The first kappa shape index (κ1) is 15.7. The van der Waals surface area contributed by atoms with Crippen LogP contribution in [-0.2, 0) is 0 Å². The molecule has 2 amide bonds. The summed E-state index contributed by atoms with van der Waals surface area (Å²) in [5.41, 5.74) is 0.727. The molecule has 6 nitrogen and oxygen atoms in total. The first-order valence-corrected chi connectivity index (χ1v) is 7.47. The van der Waals surface area contributed by atoms with Crippen LogP contribution in [0.15, 0.2) is 24.5 Å². The highest BCUT2D eigenvalue weighted by molar-refractivity contribution is 5.89. The number of nitrogens with zero attached hydrogens (tertiary/aromatic N) is 3. The molecule has 0 radical (unpaired) electrons. The smallest absolute Gasteiger partial charge is 0.321 e. The van der Waals surface area contributed by atoms with Gasteiger partial charge in [0.25, 0.3) is 0 Å². The Labute approximate surface area is 125 Å². The number of aliphatic hydroxyl groups is 1. The number of hydrogen-bond acceptors (Lipinski definition) is 4. The molecule has 1 aromatic heterocycles. The number of pyridine rings is 1. The summed E-state index contributed by atoms with van der Waals surface area (Å²) >= 11 is 0. The molecule has 1 fully saturated rings. The van der Waals surface area contributed by atoms with Crippen molar-refractivity contribution in [2.45, 2.75) is 25.3 Å². The molecule has 2 heterocycles. The van der Waals surface area contributed by atoms with Gasteiger partial charge in [-0.15, -0.1) is 0 Å². The largest absolute Gasteiger partial charge is 0.396 e. The number of nitrogens with one attached hydrogen (secondary N) is 1. The summed E-state index contributed by atoms with van der Waals surface area (Å²) in [4.78, 5) is 20.3. The monoisotopic (exact) mass is 292 g/mol. The van der Waals surface area contributed by atoms with Crippen LogP contribution in [0.25, 0.3) is 0 Å². The molecule has 116 valence electrons. The molecule has 21 heavy (non-hydrogen) atoms. The third-order valence-electron chi connectivity index (χ3n) is 3.96. The van der Waals surface area contributed by atoms with Gasteiger partial charge >= 0.3 is 6.03 Å². The minimum Gasteiger partial charge on any atom is -0.396 e. The van der Waals surface area contributed by atoms with Gasteiger partial charge in [0.05, 0.1) is 11.9 Å². The molecule has 2 rings (SSSR count). The van der Waals surface area contributed by atoms with Crippen LogP contribution in [-0.4, -0.2) is 65.3 Å². The fourth-order valence-corrected chi connectivity index (χ4v) is 2.65. The molecule has 0 aliphatic carbocycles. The Morgan fingerprint density at radius 2 is 2.29 bits per heavy atom. The van der Waals surface area contributed by atoms with Crippen LogP contribution in [0, 0.1) is 0 Å². The molecule has 0 atom stereocenters. The number of aliphatic hydroxyl groups excluding tert-OH is 1. The van der Waals surface area contributed by atoms with E-state index in [0.29, 0.717) is 6.04 Å². The first-order valence-electron chi connectivity index (χ1n) is 7.47. The van der Waals surface area contributed by atoms with E-state index in [1.54, 1.807) is 18.5 Å². The molecule has 1 aliphatic rings. The van der Waals surface area contributed by atoms with Gasteiger partial charge in [-0.2, -0.15) is 0 Å². The maximum atomic E-state index is 12.2. The summed E-state index contributed by atoms with van der Waals surface area (Å²) in [6.07, 6.45) is 6.08. The Kier molecular flexibility index (Phi) is 5.95. The number of piperidine rings is 1. The molecule has 1 saturated heterocycles. The molecule has 0 unspecified atom stereocenters. The lowest BCUT2D eigenvalue weighted by atomic mass is 10.0. The van der Waals surface area contributed by atoms with Crippen LogP contribution in [0.1, 0.15) is 19.3 Å². The van der Waals surface area contributed by atoms with Gasteiger partial charge in [0.15, 0.2) is 0 Å². The summed E-state index contributed by atoms with van der Waals surface area (Å²) in [7, 11) is 2.09. The van der Waals surface area contributed by atoms with Crippen LogP contribution >= 0.6 is 0 Å². The lowest BCUT2D eigenvalue weighted by molar-refractivity contribution is 0.134. The maximum absolute atomic E-state index is 12.2. The van der Waals surface area contributed by atoms with Gasteiger partial charge in [0.1, 0.15) is 0 Å². The third kappa shape index (κ3) is 4.68. The lowest BCUT2D eigenvalue weighted by Gasteiger charge is -2.36. The predicted molar refractivity (Wildman–Crippen MR) is 82.2 cm³/mol. The van der Waals surface area contributed by atoms with E-state index in [1.165, 1.54) is 0 Å². The van der Waals surface area contributed by atoms with Gasteiger partial charge in [0, 0.05) is 38.5 Å². The van der Waals surface area contributed by atoms with Crippen molar-refractivity contribution in [1.82, 2.24) is 14.8 Å². The first-order chi connectivity index (χ1) is 10.2. The van der Waals surface area contributed by atoms with E-state index in [2.05, 4.69) is 22.2 Å². The highest BCUT2D eigenvalue weighted by Crippen LogP contribution is 2.16. The number of amides is 2. The van der Waals surface area contributed by atoms with E-state index in [1.807, 2.05) is 11.0 Å². The van der Waals surface area contributed by atoms with E-state index < -0.39 is 0 Å². The number of urea groups is 1. The number of anilines is 1. The van der Waals surface area contributed by atoms with E-state index in [0.717, 1.165) is 44.6 Å². The number of likely N-dealkylation sites (tertiary alicyclic amines) is 1. The molecule has 0 saturated carbocycles. The Morgan fingerprint density at radius 1 is 1.52 bits per heavy atom. The molecular formula is C15H24N4O2. The van der Waals surface area contributed by atoms with Crippen molar-refractivity contribution in [2.24, 2.45) is 0 Å². The van der Waals surface area contributed by atoms with E-state index in [4.69, 9.17) is 5.11 Å². The molecular weight excluding hydrogens is 268 g/mol. The minimum atomic E-state index is -0.0561. The average Bonchev–Trinajstić information content (AvgIpc) is 2.53. The average molecular weight is 292 g/mol. The highest BCUT2D eigenvalue weighted by atomic mass is 16.3. The molecule has 2 N–H and O–H groups in total. The molecule has 6 heteroatoms. The second kappa shape index (κ2) is 7.95. The van der Waals surface area contributed by atoms with Crippen LogP contribution < -0.4 is 5.32 Å². The Bertz CT molecular complexity index is 433. The Balaban J connectivity index is 1.77. The topological polar surface area (TPSA) is 68.7 Å². The second-order valence-electron chi connectivity index (χ2n) is 5.45. The Morgan fingerprint density at radius 3 is 2.90 bits per heavy atom. The van der Waals surface area contributed by atoms with Crippen molar-refractivity contribution in [3.63, 3.8) is 0 Å². The van der Waals surface area contributed by atoms with Crippen molar-refractivity contribution in [3.8, 4) is 0 Å². The minimum absolute atomic E-state index is 0.0561. The predicted octanol–water partition coefficient (Wildman–Crippen LogP) is 1.39. The second-order valence-corrected chi connectivity index (χ2v) is 5.45. The van der Waals surface area contributed by atoms with Crippen molar-refractivity contribution in [3.05, 3.63) is 24.5 Å². The van der Waals surface area contributed by atoms with Gasteiger partial charge in [-0.3, -0.25) is 4.98 Å². The van der Waals surface area contributed by atoms with Crippen LogP contribution in [0.2, 0.25) is 0 Å². The van der Waals surface area contributed by atoms with E-state index in [9.17, 15) is 4.79 Å². The SMILES string of the molecule is CN(CCCO)C1CCN(C(=O)Nc2cccnc2)CC1. The quantitative estimate of drug-likeness (QED) is 0.860. The van der Waals surface area contributed by atoms with Gasteiger partial charge in [-0.25, -0.2) is 4.79 Å². The number of hydrogen-bond donors (Lipinski definition) is 2. The standard InChI is InChI=1S/C15H24N4O2/c1-18(8-3-11-20)14-5-9-19(10-6-14)15(21)17-13-4-2-7-16-12-13/h2,4,7,12,14,20H,3,5-6,8-11H2,1H3,(H,17,21). The number of rotatable bonds is 5. The zero-order chi connectivity index (χ0) is 15.1. The summed E-state index contributed by atoms with van der Waals surface area (Å²) in [5.74, 6) is 0. The van der Waals surface area contributed by atoms with Gasteiger partial charge in [-0.05, 0) is 38.4 Å². The van der Waals surface area contributed by atoms with Crippen molar-refractivity contribution in [1.29, 1.82) is 0 Å². The zero-order valence-corrected chi connectivity index (χ0v) is 12.5. The summed E-state index contributed by atoms with van der Waals surface area (Å²) in [6, 6.07) is 4.08. The van der Waals surface area contributed by atoms with Crippen molar-refractivity contribution < 1.29 is 9.90 Å². The van der Waals surface area contributed by atoms with Gasteiger partial charge in [0.2, 0.25) is 0 Å². The van der Waals surface area contributed by atoms with E-state index >= 15 is 0 Å². The maximum Gasteiger partial charge on any atom is 0.321 e. The van der Waals surface area contributed by atoms with Crippen molar-refractivity contribution in [2.75, 3.05) is 38.6 Å². The van der Waals surface area contributed by atoms with Crippen molar-refractivity contribution >= 4 is 11.7 Å². The lowest BCUT2D eigenvalue weighted by Crippen LogP contribution is -2.47. The molecule has 0 aromatic carbocycles. The number of aromatic nitrogens is 1. The molecule has 0 spiro atoms. The summed E-state index contributed by atoms with van der Waals surface area (Å²) < 4.78 is 0. The van der Waals surface area contributed by atoms with E-state index in [-0.39, 0.29) is 12.6 Å². The number of carbonyl (C=O) groups is 1. The fraction of sp³-hybridized carbons (Fsp3) is 0.600. The van der Waals surface area contributed by atoms with Crippen LogP contribution in [0.5, 0.6) is 0 Å². The van der Waals surface area contributed by atoms with Gasteiger partial charge in [-0.1, -0.05) is 0 Å². The normalized spacial score (nSPS) is 16.2. The molecule has 1 aliphatic heterocycles. The third-order valence-corrected chi connectivity index (χ3v) is 3.96.